The van der Waals surface area contributed by atoms with Gasteiger partial charge in [0, 0.05) is 25.7 Å². The highest BCUT2D eigenvalue weighted by Crippen LogP contribution is 2.45. The highest BCUT2D eigenvalue weighted by molar-refractivity contribution is 7.47. The molecule has 0 heterocycles. The Morgan fingerprint density at radius 2 is 0.510 bits per heavy atom. The highest BCUT2D eigenvalue weighted by Gasteiger charge is 2.30. The van der Waals surface area contributed by atoms with Gasteiger partial charge in [0.25, 0.3) is 0 Å². The van der Waals surface area contributed by atoms with E-state index in [1.165, 1.54) is 96.3 Å². The molecular formula is C83H146O17P2. The SMILES string of the molecule is CC/C=C\C/C=C\C/C=C\C/C=C\CCCCCCC(=O)OC(COC(=O)CCCCCCCC/C=C\C/C=C\C/C=C\CCCCC)COP(=O)(O)OCC(O)COP(=O)(O)OCC(COC(=O)CCCCCCC/C=C\CCCCCC)OC(=O)CCCCCCCCCCCCCCC. The topological polar surface area (TPSA) is 237 Å². The van der Waals surface area contributed by atoms with Crippen molar-refractivity contribution in [2.45, 2.75) is 367 Å². The number of unbranched alkanes of at least 4 members (excludes halogenated alkanes) is 34. The summed E-state index contributed by atoms with van der Waals surface area (Å²) in [6, 6.07) is 0. The van der Waals surface area contributed by atoms with E-state index in [1.807, 2.05) is 0 Å². The van der Waals surface area contributed by atoms with Crippen LogP contribution in [0, 0.1) is 0 Å². The monoisotopic (exact) mass is 1480 g/mol. The second kappa shape index (κ2) is 75.2. The normalized spacial score (nSPS) is 14.4. The van der Waals surface area contributed by atoms with Gasteiger partial charge in [0.15, 0.2) is 12.2 Å². The average molecular weight is 1480 g/mol. The second-order valence-electron chi connectivity index (χ2n) is 27.0. The van der Waals surface area contributed by atoms with Crippen LogP contribution in [0.1, 0.15) is 349 Å². The Bertz CT molecular complexity index is 2310. The highest BCUT2D eigenvalue weighted by atomic mass is 31.2. The molecule has 590 valence electrons. The molecule has 0 amide bonds. The van der Waals surface area contributed by atoms with E-state index in [2.05, 4.69) is 125 Å². The van der Waals surface area contributed by atoms with Crippen molar-refractivity contribution in [3.8, 4) is 0 Å². The quantitative estimate of drug-likeness (QED) is 0.0169. The number of hydrogen-bond acceptors (Lipinski definition) is 15. The van der Waals surface area contributed by atoms with Gasteiger partial charge in [0.05, 0.1) is 26.4 Å². The van der Waals surface area contributed by atoms with Crippen LogP contribution in [-0.2, 0) is 65.4 Å². The number of hydrogen-bond donors (Lipinski definition) is 3. The van der Waals surface area contributed by atoms with Gasteiger partial charge >= 0.3 is 39.5 Å². The summed E-state index contributed by atoms with van der Waals surface area (Å²) in [5.74, 6) is -2.20. The number of carbonyl (C=O) groups is 4. The Morgan fingerprint density at radius 1 is 0.284 bits per heavy atom. The Kier molecular flexibility index (Phi) is 72.3. The molecule has 0 bridgehead atoms. The first kappa shape index (κ1) is 98.0. The fourth-order valence-electron chi connectivity index (χ4n) is 10.9. The van der Waals surface area contributed by atoms with Crippen LogP contribution in [0.25, 0.3) is 0 Å². The molecule has 0 aliphatic rings. The van der Waals surface area contributed by atoms with Crippen molar-refractivity contribution in [2.75, 3.05) is 39.6 Å². The van der Waals surface area contributed by atoms with E-state index in [4.69, 9.17) is 37.0 Å². The summed E-state index contributed by atoms with van der Waals surface area (Å²) in [5.41, 5.74) is 0. The summed E-state index contributed by atoms with van der Waals surface area (Å²) in [4.78, 5) is 73.0. The fraction of sp³-hybridized carbons (Fsp3) is 0.759. The lowest BCUT2D eigenvalue weighted by atomic mass is 10.0. The van der Waals surface area contributed by atoms with Crippen molar-refractivity contribution in [1.29, 1.82) is 0 Å². The lowest BCUT2D eigenvalue weighted by Crippen LogP contribution is -2.30. The molecular weight excluding hydrogens is 1330 g/mol. The van der Waals surface area contributed by atoms with Gasteiger partial charge in [0.1, 0.15) is 19.3 Å². The largest absolute Gasteiger partial charge is 0.472 e. The first-order valence-corrected chi connectivity index (χ1v) is 43.5. The molecule has 0 aliphatic carbocycles. The smallest absolute Gasteiger partial charge is 0.462 e. The van der Waals surface area contributed by atoms with E-state index in [9.17, 15) is 43.2 Å². The summed E-state index contributed by atoms with van der Waals surface area (Å²) in [7, 11) is -9.96. The average Bonchev–Trinajstić information content (AvgIpc) is 0.908. The molecule has 102 heavy (non-hydrogen) atoms. The minimum absolute atomic E-state index is 0.0638. The maximum absolute atomic E-state index is 13.1. The molecule has 5 atom stereocenters. The molecule has 5 unspecified atom stereocenters. The van der Waals surface area contributed by atoms with Crippen LogP contribution in [0.15, 0.2) is 97.2 Å². The molecule has 0 fully saturated rings. The molecule has 0 spiro atoms. The lowest BCUT2D eigenvalue weighted by Gasteiger charge is -2.21. The predicted octanol–water partition coefficient (Wildman–Crippen LogP) is 23.6. The Hall–Kier alpha value is -4.02. The number of aliphatic hydroxyl groups excluding tert-OH is 1. The fourth-order valence-corrected chi connectivity index (χ4v) is 12.4. The molecule has 0 aromatic rings. The molecule has 0 aliphatic heterocycles. The molecule has 19 heteroatoms. The van der Waals surface area contributed by atoms with E-state index in [1.54, 1.807) is 0 Å². The number of allylic oxidation sites excluding steroid dienone is 16. The maximum Gasteiger partial charge on any atom is 0.472 e. The summed E-state index contributed by atoms with van der Waals surface area (Å²) < 4.78 is 68.6. The van der Waals surface area contributed by atoms with Crippen molar-refractivity contribution < 1.29 is 80.2 Å². The van der Waals surface area contributed by atoms with Crippen LogP contribution in [-0.4, -0.2) is 96.7 Å². The number of phosphoric acid groups is 2. The zero-order valence-electron chi connectivity index (χ0n) is 64.5. The Balaban J connectivity index is 5.37. The molecule has 0 radical (unpaired) electrons. The summed E-state index contributed by atoms with van der Waals surface area (Å²) in [6.07, 6.45) is 79.5. The van der Waals surface area contributed by atoms with E-state index in [-0.39, 0.29) is 25.7 Å². The van der Waals surface area contributed by atoms with Crippen LogP contribution in [0.4, 0.5) is 0 Å². The first-order valence-electron chi connectivity index (χ1n) is 40.5. The summed E-state index contributed by atoms with van der Waals surface area (Å²) >= 11 is 0. The Morgan fingerprint density at radius 3 is 0.824 bits per heavy atom. The number of rotatable bonds is 76. The van der Waals surface area contributed by atoms with Crippen LogP contribution < -0.4 is 0 Å². The van der Waals surface area contributed by atoms with E-state index in [0.717, 1.165) is 173 Å². The van der Waals surface area contributed by atoms with Crippen LogP contribution >= 0.6 is 15.6 Å². The van der Waals surface area contributed by atoms with Crippen molar-refractivity contribution in [3.05, 3.63) is 97.2 Å². The molecule has 0 rings (SSSR count). The standard InChI is InChI=1S/C83H146O17P2/c1-5-9-13-17-21-25-29-33-35-37-38-40-41-45-48-52-56-60-64-68-81(86)94-74-79(100-83(88)70-66-62-58-54-50-46-42-39-36-34-30-26-22-18-14-10-6-2)76-98-102(91,92)96-72-77(84)71-95-101(89,90)97-75-78(99-82(87)69-65-61-57-53-49-44-32-28-24-20-16-12-8-4)73-93-80(85)67-63-59-55-51-47-43-31-27-23-19-15-11-7-3/h10,14,21-22,25-27,31,33-36,38,40,42,46,77-79,84H,5-9,11-13,15-20,23-24,28-30,32,37,39,41,43-45,47-76H2,1-4H3,(H,89,90)(H,91,92)/b14-10-,25-21-,26-22-,31-27-,35-33-,36-34-,40-38-,46-42-. The van der Waals surface area contributed by atoms with Gasteiger partial charge < -0.3 is 33.8 Å². The minimum atomic E-state index is -4.99. The molecule has 0 saturated heterocycles. The number of phosphoric ester groups is 2. The van der Waals surface area contributed by atoms with Gasteiger partial charge in [-0.15, -0.1) is 0 Å². The van der Waals surface area contributed by atoms with Crippen LogP contribution in [0.2, 0.25) is 0 Å². The van der Waals surface area contributed by atoms with Crippen LogP contribution in [0.3, 0.4) is 0 Å². The minimum Gasteiger partial charge on any atom is -0.462 e. The van der Waals surface area contributed by atoms with Gasteiger partial charge in [-0.1, -0.05) is 292 Å². The summed E-state index contributed by atoms with van der Waals surface area (Å²) in [5, 5.41) is 10.6. The van der Waals surface area contributed by atoms with Crippen molar-refractivity contribution in [1.82, 2.24) is 0 Å². The lowest BCUT2D eigenvalue weighted by molar-refractivity contribution is -0.161. The van der Waals surface area contributed by atoms with Gasteiger partial charge in [-0.25, -0.2) is 9.13 Å². The zero-order chi connectivity index (χ0) is 74.6. The molecule has 0 saturated carbocycles. The van der Waals surface area contributed by atoms with E-state index >= 15 is 0 Å². The van der Waals surface area contributed by atoms with Gasteiger partial charge in [0.2, 0.25) is 0 Å². The summed E-state index contributed by atoms with van der Waals surface area (Å²) in [6.45, 7) is 4.71. The van der Waals surface area contributed by atoms with Crippen molar-refractivity contribution >= 4 is 39.5 Å². The third-order valence-corrected chi connectivity index (χ3v) is 18.9. The molecule has 0 aromatic heterocycles. The van der Waals surface area contributed by atoms with Crippen molar-refractivity contribution in [3.63, 3.8) is 0 Å². The third kappa shape index (κ3) is 74.3. The molecule has 0 aromatic carbocycles. The molecule has 3 N–H and O–H groups in total. The van der Waals surface area contributed by atoms with Gasteiger partial charge in [-0.2, -0.15) is 0 Å². The van der Waals surface area contributed by atoms with E-state index in [0.29, 0.717) is 25.7 Å². The van der Waals surface area contributed by atoms with Gasteiger partial charge in [-0.3, -0.25) is 37.3 Å². The third-order valence-electron chi connectivity index (χ3n) is 17.0. The van der Waals surface area contributed by atoms with Gasteiger partial charge in [-0.05, 0) is 128 Å². The zero-order valence-corrected chi connectivity index (χ0v) is 66.3. The predicted molar refractivity (Wildman–Crippen MR) is 418 cm³/mol. The van der Waals surface area contributed by atoms with E-state index < -0.39 is 97.5 Å². The number of esters is 4. The van der Waals surface area contributed by atoms with Crippen LogP contribution in [0.5, 0.6) is 0 Å². The second-order valence-corrected chi connectivity index (χ2v) is 29.9. The molecule has 17 nitrogen and oxygen atoms in total. The number of carbonyl (C=O) groups excluding carboxylic acids is 4. The first-order chi connectivity index (χ1) is 49.7. The Labute approximate surface area is 620 Å². The maximum atomic E-state index is 13.1. The number of ether oxygens (including phenoxy) is 4. The van der Waals surface area contributed by atoms with Crippen molar-refractivity contribution in [2.24, 2.45) is 0 Å². The number of aliphatic hydroxyl groups is 1.